The first-order valence-electron chi connectivity index (χ1n) is 4.45. The Morgan fingerprint density at radius 2 is 2.14 bits per heavy atom. The number of ketones is 1. The van der Waals surface area contributed by atoms with E-state index in [1.165, 1.54) is 11.1 Å². The minimum Gasteiger partial charge on any atom is -0.384 e. The van der Waals surface area contributed by atoms with E-state index in [2.05, 4.69) is 11.4 Å². The van der Waals surface area contributed by atoms with Gasteiger partial charge in [0.2, 0.25) is 0 Å². The molecular weight excluding hydrogens is 198 g/mol. The molecule has 14 heavy (non-hydrogen) atoms. The molecule has 0 saturated heterocycles. The molecule has 0 fully saturated rings. The predicted molar refractivity (Wildman–Crippen MR) is 59.0 cm³/mol. The van der Waals surface area contributed by atoms with E-state index in [9.17, 15) is 4.79 Å². The van der Waals surface area contributed by atoms with Crippen LogP contribution in [0.5, 0.6) is 0 Å². The molecule has 0 radical (unpaired) electrons. The average molecular weight is 208 g/mol. The van der Waals surface area contributed by atoms with Gasteiger partial charge < -0.3 is 5.32 Å². The lowest BCUT2D eigenvalue weighted by atomic mass is 9.88. The quantitative estimate of drug-likeness (QED) is 0.707. The second-order valence-electron chi connectivity index (χ2n) is 3.48. The van der Waals surface area contributed by atoms with Crippen LogP contribution < -0.4 is 5.32 Å². The van der Waals surface area contributed by atoms with Crippen LogP contribution in [-0.2, 0) is 4.79 Å². The lowest BCUT2D eigenvalue weighted by Gasteiger charge is -2.13. The van der Waals surface area contributed by atoms with Crippen LogP contribution in [0.2, 0.25) is 0 Å². The molecule has 2 nitrogen and oxygen atoms in total. The van der Waals surface area contributed by atoms with Gasteiger partial charge in [-0.2, -0.15) is 0 Å². The summed E-state index contributed by atoms with van der Waals surface area (Å²) in [5.41, 5.74) is 3.50. The van der Waals surface area contributed by atoms with Gasteiger partial charge >= 0.3 is 0 Å². The Hall–Kier alpha value is -1.28. The summed E-state index contributed by atoms with van der Waals surface area (Å²) in [5.74, 6) is 0.293. The summed E-state index contributed by atoms with van der Waals surface area (Å²) >= 11 is 0. The zero-order valence-corrected chi connectivity index (χ0v) is 8.30. The molecule has 3 heteroatoms. The Bertz CT molecular complexity index is 425. The number of hydrogen-bond donors (Lipinski definition) is 1. The topological polar surface area (TPSA) is 29.1 Å². The minimum absolute atomic E-state index is 0. The molecule has 1 aromatic rings. The zero-order valence-electron chi connectivity index (χ0n) is 7.49. The first kappa shape index (κ1) is 9.28. The Kier molecular flexibility index (Phi) is 2.08. The fourth-order valence-corrected chi connectivity index (χ4v) is 2.12. The number of benzene rings is 1. The molecule has 72 valence electrons. The second kappa shape index (κ2) is 3.14. The van der Waals surface area contributed by atoms with Gasteiger partial charge in [-0.15, -0.1) is 12.4 Å². The van der Waals surface area contributed by atoms with Crippen molar-refractivity contribution in [3.63, 3.8) is 0 Å². The standard InChI is InChI=1S/C11H9NO.ClH/c13-10-5-4-7-2-1-3-9-11(7)8(10)6-12-9;/h1-5,8,12H,6H2;1H. The number of anilines is 1. The van der Waals surface area contributed by atoms with Crippen molar-refractivity contribution in [2.75, 3.05) is 11.9 Å². The number of hydrogen-bond acceptors (Lipinski definition) is 2. The van der Waals surface area contributed by atoms with Gasteiger partial charge in [0.1, 0.15) is 0 Å². The highest BCUT2D eigenvalue weighted by Crippen LogP contribution is 2.38. The molecular formula is C11H10ClNO. The molecule has 1 heterocycles. The van der Waals surface area contributed by atoms with E-state index in [4.69, 9.17) is 0 Å². The largest absolute Gasteiger partial charge is 0.384 e. The minimum atomic E-state index is 0. The Morgan fingerprint density at radius 3 is 3.00 bits per heavy atom. The van der Waals surface area contributed by atoms with E-state index in [1.807, 2.05) is 18.2 Å². The smallest absolute Gasteiger partial charge is 0.165 e. The number of nitrogens with one attached hydrogen (secondary N) is 1. The van der Waals surface area contributed by atoms with Gasteiger partial charge in [-0.05, 0) is 23.3 Å². The summed E-state index contributed by atoms with van der Waals surface area (Å²) in [5, 5.41) is 3.25. The molecule has 1 aliphatic heterocycles. The summed E-state index contributed by atoms with van der Waals surface area (Å²) in [7, 11) is 0. The van der Waals surface area contributed by atoms with E-state index in [-0.39, 0.29) is 24.1 Å². The summed E-state index contributed by atoms with van der Waals surface area (Å²) < 4.78 is 0. The van der Waals surface area contributed by atoms with Crippen LogP contribution in [0.15, 0.2) is 24.3 Å². The van der Waals surface area contributed by atoms with Crippen molar-refractivity contribution in [3.05, 3.63) is 35.4 Å². The highest BCUT2D eigenvalue weighted by Gasteiger charge is 2.30. The first-order valence-corrected chi connectivity index (χ1v) is 4.45. The third-order valence-electron chi connectivity index (χ3n) is 2.76. The molecule has 1 aromatic carbocycles. The number of rotatable bonds is 0. The van der Waals surface area contributed by atoms with Crippen molar-refractivity contribution in [3.8, 4) is 0 Å². The van der Waals surface area contributed by atoms with Gasteiger partial charge in [-0.3, -0.25) is 4.79 Å². The van der Waals surface area contributed by atoms with Gasteiger partial charge in [0, 0.05) is 12.2 Å². The van der Waals surface area contributed by atoms with Crippen molar-refractivity contribution in [1.82, 2.24) is 0 Å². The maximum atomic E-state index is 11.5. The highest BCUT2D eigenvalue weighted by molar-refractivity contribution is 6.04. The molecule has 0 amide bonds. The van der Waals surface area contributed by atoms with Gasteiger partial charge in [0.15, 0.2) is 5.78 Å². The van der Waals surface area contributed by atoms with Crippen LogP contribution in [0.1, 0.15) is 17.0 Å². The fourth-order valence-electron chi connectivity index (χ4n) is 2.12. The molecule has 0 saturated carbocycles. The number of allylic oxidation sites excluding steroid dienone is 1. The lowest BCUT2D eigenvalue weighted by Crippen LogP contribution is -2.15. The van der Waals surface area contributed by atoms with E-state index in [0.717, 1.165) is 12.2 Å². The van der Waals surface area contributed by atoms with Crippen molar-refractivity contribution in [2.24, 2.45) is 0 Å². The molecule has 2 aliphatic rings. The number of carbonyl (C=O) groups excluding carboxylic acids is 1. The van der Waals surface area contributed by atoms with Gasteiger partial charge in [0.05, 0.1) is 5.92 Å². The van der Waals surface area contributed by atoms with Gasteiger partial charge in [-0.25, -0.2) is 0 Å². The fraction of sp³-hybridized carbons (Fsp3) is 0.182. The van der Waals surface area contributed by atoms with Crippen LogP contribution in [0, 0.1) is 0 Å². The first-order chi connectivity index (χ1) is 6.36. The van der Waals surface area contributed by atoms with Gasteiger partial charge in [-0.1, -0.05) is 18.2 Å². The monoisotopic (exact) mass is 207 g/mol. The number of halogens is 1. The van der Waals surface area contributed by atoms with E-state index < -0.39 is 0 Å². The molecule has 1 aliphatic carbocycles. The van der Waals surface area contributed by atoms with Crippen molar-refractivity contribution >= 4 is 30.0 Å². The third-order valence-corrected chi connectivity index (χ3v) is 2.76. The lowest BCUT2D eigenvalue weighted by molar-refractivity contribution is -0.115. The van der Waals surface area contributed by atoms with Crippen LogP contribution in [0.3, 0.4) is 0 Å². The Balaban J connectivity index is 0.000000750. The van der Waals surface area contributed by atoms with E-state index in [0.29, 0.717) is 0 Å². The molecule has 1 unspecified atom stereocenters. The third kappa shape index (κ3) is 1.07. The van der Waals surface area contributed by atoms with Crippen LogP contribution in [0.25, 0.3) is 6.08 Å². The average Bonchev–Trinajstić information content (AvgIpc) is 2.57. The van der Waals surface area contributed by atoms with Crippen molar-refractivity contribution in [1.29, 1.82) is 0 Å². The Morgan fingerprint density at radius 1 is 1.29 bits per heavy atom. The molecule has 1 N–H and O–H groups in total. The van der Waals surface area contributed by atoms with E-state index >= 15 is 0 Å². The normalized spacial score (nSPS) is 21.1. The van der Waals surface area contributed by atoms with Crippen LogP contribution in [-0.4, -0.2) is 12.3 Å². The molecule has 3 rings (SSSR count). The van der Waals surface area contributed by atoms with Crippen LogP contribution >= 0.6 is 12.4 Å². The summed E-state index contributed by atoms with van der Waals surface area (Å²) in [6.45, 7) is 0.759. The van der Waals surface area contributed by atoms with Crippen LogP contribution in [0.4, 0.5) is 5.69 Å². The summed E-state index contributed by atoms with van der Waals surface area (Å²) in [4.78, 5) is 11.5. The summed E-state index contributed by atoms with van der Waals surface area (Å²) in [6, 6.07) is 6.11. The molecule has 0 spiro atoms. The zero-order chi connectivity index (χ0) is 8.84. The van der Waals surface area contributed by atoms with Crippen molar-refractivity contribution in [2.45, 2.75) is 5.92 Å². The summed E-state index contributed by atoms with van der Waals surface area (Å²) in [6.07, 6.45) is 3.59. The number of carbonyl (C=O) groups is 1. The molecule has 0 aromatic heterocycles. The van der Waals surface area contributed by atoms with Gasteiger partial charge in [0.25, 0.3) is 0 Å². The second-order valence-corrected chi connectivity index (χ2v) is 3.48. The molecule has 1 atom stereocenters. The molecule has 0 bridgehead atoms. The van der Waals surface area contributed by atoms with E-state index in [1.54, 1.807) is 6.08 Å². The predicted octanol–water partition coefficient (Wildman–Crippen LogP) is 2.21. The maximum Gasteiger partial charge on any atom is 0.165 e. The Labute approximate surface area is 88.4 Å². The van der Waals surface area contributed by atoms with Crippen molar-refractivity contribution < 1.29 is 4.79 Å². The SMILES string of the molecule is Cl.O=C1C=Cc2cccc3c2C1CN3. The maximum absolute atomic E-state index is 11.5. The highest BCUT2D eigenvalue weighted by atomic mass is 35.5.